The molecule has 1 aliphatic rings. The number of halogens is 1. The standard InChI is InChI=1S/C20H20ClN3O5/c1-14-12-15(6-7-17(14)24(27)28)20(26)29-13-19(25)23-10-8-22(9-11-23)18-5-3-2-4-16(18)21/h2-7,12H,8-11,13H2,1H3. The van der Waals surface area contributed by atoms with Crippen LogP contribution in [-0.4, -0.2) is 54.5 Å². The monoisotopic (exact) mass is 417 g/mol. The number of anilines is 1. The van der Waals surface area contributed by atoms with Crippen LogP contribution < -0.4 is 4.90 Å². The molecule has 1 amide bonds. The van der Waals surface area contributed by atoms with Crippen LogP contribution in [0.1, 0.15) is 15.9 Å². The van der Waals surface area contributed by atoms with Gasteiger partial charge in [0, 0.05) is 37.8 Å². The number of carbonyl (C=O) groups excluding carboxylic acids is 2. The van der Waals surface area contributed by atoms with E-state index in [1.165, 1.54) is 18.2 Å². The molecule has 152 valence electrons. The van der Waals surface area contributed by atoms with Gasteiger partial charge in [-0.15, -0.1) is 0 Å². The van der Waals surface area contributed by atoms with Gasteiger partial charge in [0.1, 0.15) is 0 Å². The van der Waals surface area contributed by atoms with Crippen LogP contribution in [0.4, 0.5) is 11.4 Å². The van der Waals surface area contributed by atoms with Crippen molar-refractivity contribution in [2.24, 2.45) is 0 Å². The Hall–Kier alpha value is -3.13. The third-order valence-electron chi connectivity index (χ3n) is 4.78. The number of para-hydroxylation sites is 1. The van der Waals surface area contributed by atoms with E-state index in [4.69, 9.17) is 16.3 Å². The second-order valence-electron chi connectivity index (χ2n) is 6.65. The molecular formula is C20H20ClN3O5. The van der Waals surface area contributed by atoms with Crippen LogP contribution >= 0.6 is 11.6 Å². The highest BCUT2D eigenvalue weighted by Gasteiger charge is 2.23. The fraction of sp³-hybridized carbons (Fsp3) is 0.300. The Kier molecular flexibility index (Phi) is 6.33. The van der Waals surface area contributed by atoms with Gasteiger partial charge in [0.05, 0.1) is 21.2 Å². The molecule has 0 saturated carbocycles. The lowest BCUT2D eigenvalue weighted by molar-refractivity contribution is -0.385. The van der Waals surface area contributed by atoms with Gasteiger partial charge in [-0.25, -0.2) is 4.79 Å². The minimum Gasteiger partial charge on any atom is -0.452 e. The van der Waals surface area contributed by atoms with Crippen LogP contribution in [0.5, 0.6) is 0 Å². The van der Waals surface area contributed by atoms with Gasteiger partial charge in [-0.2, -0.15) is 0 Å². The number of ether oxygens (including phenoxy) is 1. The Morgan fingerprint density at radius 1 is 1.14 bits per heavy atom. The molecule has 1 aliphatic heterocycles. The quantitative estimate of drug-likeness (QED) is 0.421. The van der Waals surface area contributed by atoms with Crippen LogP contribution in [-0.2, 0) is 9.53 Å². The van der Waals surface area contributed by atoms with E-state index in [0.29, 0.717) is 36.8 Å². The highest BCUT2D eigenvalue weighted by Crippen LogP contribution is 2.26. The number of nitro benzene ring substituents is 1. The van der Waals surface area contributed by atoms with E-state index in [9.17, 15) is 19.7 Å². The Morgan fingerprint density at radius 2 is 1.83 bits per heavy atom. The zero-order valence-electron chi connectivity index (χ0n) is 15.8. The summed E-state index contributed by atoms with van der Waals surface area (Å²) in [4.78, 5) is 38.6. The van der Waals surface area contributed by atoms with E-state index >= 15 is 0 Å². The van der Waals surface area contributed by atoms with Gasteiger partial charge in [0.25, 0.3) is 11.6 Å². The number of amides is 1. The minimum atomic E-state index is -0.689. The number of nitro groups is 1. The normalized spacial score (nSPS) is 13.9. The molecule has 0 N–H and O–H groups in total. The maximum atomic E-state index is 12.4. The van der Waals surface area contributed by atoms with Crippen molar-refractivity contribution in [1.82, 2.24) is 4.90 Å². The van der Waals surface area contributed by atoms with Crippen LogP contribution in [0.15, 0.2) is 42.5 Å². The molecule has 0 aliphatic carbocycles. The third-order valence-corrected chi connectivity index (χ3v) is 5.10. The molecule has 1 heterocycles. The van der Waals surface area contributed by atoms with Crippen molar-refractivity contribution in [1.29, 1.82) is 0 Å². The van der Waals surface area contributed by atoms with E-state index in [1.54, 1.807) is 11.8 Å². The number of piperazine rings is 1. The largest absolute Gasteiger partial charge is 0.452 e. The summed E-state index contributed by atoms with van der Waals surface area (Å²) in [5, 5.41) is 11.5. The third kappa shape index (κ3) is 4.83. The summed E-state index contributed by atoms with van der Waals surface area (Å²) < 4.78 is 5.09. The summed E-state index contributed by atoms with van der Waals surface area (Å²) in [6.45, 7) is 3.42. The lowest BCUT2D eigenvalue weighted by Gasteiger charge is -2.36. The number of nitrogens with zero attached hydrogens (tertiary/aromatic N) is 3. The van der Waals surface area contributed by atoms with Crippen LogP contribution in [0.25, 0.3) is 0 Å². The van der Waals surface area contributed by atoms with E-state index in [-0.39, 0.29) is 23.8 Å². The van der Waals surface area contributed by atoms with Crippen LogP contribution in [0.2, 0.25) is 5.02 Å². The molecule has 3 rings (SSSR count). The average Bonchev–Trinajstić information content (AvgIpc) is 2.72. The Morgan fingerprint density at radius 3 is 2.45 bits per heavy atom. The lowest BCUT2D eigenvalue weighted by atomic mass is 10.1. The van der Waals surface area contributed by atoms with Crippen LogP contribution in [0, 0.1) is 17.0 Å². The number of carbonyl (C=O) groups is 2. The number of benzene rings is 2. The van der Waals surface area contributed by atoms with Gasteiger partial charge in [-0.1, -0.05) is 23.7 Å². The van der Waals surface area contributed by atoms with Gasteiger partial charge in [0.15, 0.2) is 6.61 Å². The van der Waals surface area contributed by atoms with Gasteiger partial charge in [-0.3, -0.25) is 14.9 Å². The summed E-state index contributed by atoms with van der Waals surface area (Å²) in [6.07, 6.45) is 0. The number of hydrogen-bond acceptors (Lipinski definition) is 6. The van der Waals surface area contributed by atoms with Gasteiger partial charge in [0.2, 0.25) is 0 Å². The summed E-state index contributed by atoms with van der Waals surface area (Å²) in [6, 6.07) is 11.5. The molecule has 0 atom stereocenters. The first-order chi connectivity index (χ1) is 13.9. The van der Waals surface area contributed by atoms with Gasteiger partial charge in [-0.05, 0) is 31.2 Å². The fourth-order valence-electron chi connectivity index (χ4n) is 3.19. The number of rotatable bonds is 5. The molecular weight excluding hydrogens is 398 g/mol. The molecule has 0 bridgehead atoms. The van der Waals surface area contributed by atoms with E-state index in [1.807, 2.05) is 24.3 Å². The highest BCUT2D eigenvalue weighted by molar-refractivity contribution is 6.33. The van der Waals surface area contributed by atoms with Crippen molar-refractivity contribution in [2.45, 2.75) is 6.92 Å². The summed E-state index contributed by atoms with van der Waals surface area (Å²) in [5.74, 6) is -0.971. The molecule has 1 saturated heterocycles. The summed E-state index contributed by atoms with van der Waals surface area (Å²) in [5.41, 5.74) is 1.38. The molecule has 0 spiro atoms. The second-order valence-corrected chi connectivity index (χ2v) is 7.06. The Bertz CT molecular complexity index is 941. The van der Waals surface area contributed by atoms with Crippen molar-refractivity contribution in [3.8, 4) is 0 Å². The molecule has 8 nitrogen and oxygen atoms in total. The molecule has 0 radical (unpaired) electrons. The van der Waals surface area contributed by atoms with E-state index in [0.717, 1.165) is 5.69 Å². The lowest BCUT2D eigenvalue weighted by Crippen LogP contribution is -2.50. The smallest absolute Gasteiger partial charge is 0.338 e. The number of esters is 1. The fourth-order valence-corrected chi connectivity index (χ4v) is 3.45. The average molecular weight is 418 g/mol. The van der Waals surface area contributed by atoms with Crippen molar-refractivity contribution >= 4 is 34.9 Å². The molecule has 0 unspecified atom stereocenters. The topological polar surface area (TPSA) is 93.0 Å². The number of hydrogen-bond donors (Lipinski definition) is 0. The molecule has 1 fully saturated rings. The predicted octanol–water partition coefficient (Wildman–Crippen LogP) is 3.06. The first-order valence-electron chi connectivity index (χ1n) is 9.06. The molecule has 0 aromatic heterocycles. The van der Waals surface area contributed by atoms with Crippen molar-refractivity contribution < 1.29 is 19.2 Å². The van der Waals surface area contributed by atoms with Crippen LogP contribution in [0.3, 0.4) is 0 Å². The van der Waals surface area contributed by atoms with Gasteiger partial charge >= 0.3 is 5.97 Å². The zero-order chi connectivity index (χ0) is 21.0. The molecule has 2 aromatic carbocycles. The summed E-state index contributed by atoms with van der Waals surface area (Å²) >= 11 is 6.22. The maximum Gasteiger partial charge on any atom is 0.338 e. The van der Waals surface area contributed by atoms with Crippen molar-refractivity contribution in [3.63, 3.8) is 0 Å². The minimum absolute atomic E-state index is 0.0750. The van der Waals surface area contributed by atoms with E-state index in [2.05, 4.69) is 4.90 Å². The zero-order valence-corrected chi connectivity index (χ0v) is 16.6. The van der Waals surface area contributed by atoms with Gasteiger partial charge < -0.3 is 14.5 Å². The first-order valence-corrected chi connectivity index (χ1v) is 9.44. The van der Waals surface area contributed by atoms with Crippen molar-refractivity contribution in [2.75, 3.05) is 37.7 Å². The number of aryl methyl sites for hydroxylation is 1. The van der Waals surface area contributed by atoms with Crippen molar-refractivity contribution in [3.05, 3.63) is 68.7 Å². The Balaban J connectivity index is 1.51. The second kappa shape index (κ2) is 8.91. The molecule has 29 heavy (non-hydrogen) atoms. The first kappa shape index (κ1) is 20.6. The van der Waals surface area contributed by atoms with E-state index < -0.39 is 10.9 Å². The molecule has 2 aromatic rings. The highest BCUT2D eigenvalue weighted by atomic mass is 35.5. The Labute approximate surface area is 172 Å². The SMILES string of the molecule is Cc1cc(C(=O)OCC(=O)N2CCN(c3ccccc3Cl)CC2)ccc1[N+](=O)[O-]. The summed E-state index contributed by atoms with van der Waals surface area (Å²) in [7, 11) is 0. The molecule has 9 heteroatoms. The maximum absolute atomic E-state index is 12.4. The predicted molar refractivity (Wildman–Crippen MR) is 108 cm³/mol.